The van der Waals surface area contributed by atoms with E-state index in [0.29, 0.717) is 36.5 Å². The summed E-state index contributed by atoms with van der Waals surface area (Å²) >= 11 is 0. The molecule has 3 saturated heterocycles. The van der Waals surface area contributed by atoms with Crippen LogP contribution in [0, 0.1) is 5.82 Å². The van der Waals surface area contributed by atoms with Gasteiger partial charge in [-0.1, -0.05) is 0 Å². The summed E-state index contributed by atoms with van der Waals surface area (Å²) in [5.74, 6) is -0.505. The summed E-state index contributed by atoms with van der Waals surface area (Å²) in [7, 11) is 2.20. The molecule has 5 heterocycles. The van der Waals surface area contributed by atoms with Crippen LogP contribution in [0.2, 0.25) is 0 Å². The highest BCUT2D eigenvalue weighted by Crippen LogP contribution is 2.31. The minimum Gasteiger partial charge on any atom is -0.381 e. The normalized spacial score (nSPS) is 19.3. The maximum Gasteiger partial charge on any atom is 0.271 e. The van der Waals surface area contributed by atoms with Crippen molar-refractivity contribution in [3.63, 3.8) is 0 Å². The molecule has 0 unspecified atom stereocenters. The molecule has 0 bridgehead atoms. The quantitative estimate of drug-likeness (QED) is 0.360. The van der Waals surface area contributed by atoms with E-state index in [0.717, 1.165) is 64.0 Å². The van der Waals surface area contributed by atoms with Crippen molar-refractivity contribution in [1.82, 2.24) is 24.8 Å². The van der Waals surface area contributed by atoms with Crippen molar-refractivity contribution in [2.75, 3.05) is 75.1 Å². The number of carbonyl (C=O) groups excluding carboxylic acids is 1. The van der Waals surface area contributed by atoms with E-state index < -0.39 is 11.7 Å². The lowest BCUT2D eigenvalue weighted by atomic mass is 10.0. The number of likely N-dealkylation sites (N-methyl/N-ethyl adjacent to an activating group) is 1. The molecule has 11 nitrogen and oxygen atoms in total. The first kappa shape index (κ1) is 29.2. The van der Waals surface area contributed by atoms with Crippen LogP contribution in [0.25, 0.3) is 11.4 Å². The van der Waals surface area contributed by atoms with Gasteiger partial charge < -0.3 is 30.9 Å². The molecule has 228 valence electrons. The molecule has 0 spiro atoms. The minimum atomic E-state index is -0.726. The number of hydrogen-bond acceptors (Lipinski definition) is 10. The van der Waals surface area contributed by atoms with Crippen LogP contribution in [0.1, 0.15) is 36.2 Å². The Morgan fingerprint density at radius 3 is 2.30 bits per heavy atom. The fourth-order valence-corrected chi connectivity index (χ4v) is 6.09. The Labute approximate surface area is 251 Å². The number of primary amides is 1. The monoisotopic (exact) mass is 589 g/mol. The Kier molecular flexibility index (Phi) is 8.96. The molecule has 2 aromatic heterocycles. The van der Waals surface area contributed by atoms with Crippen molar-refractivity contribution in [2.24, 2.45) is 5.73 Å². The number of nitrogens with one attached hydrogen (secondary N) is 2. The second kappa shape index (κ2) is 13.2. The van der Waals surface area contributed by atoms with Crippen LogP contribution in [0.15, 0.2) is 42.6 Å². The zero-order chi connectivity index (χ0) is 29.8. The first-order valence-corrected chi connectivity index (χ1v) is 15.2. The van der Waals surface area contributed by atoms with Crippen molar-refractivity contribution in [3.8, 4) is 11.4 Å². The van der Waals surface area contributed by atoms with Crippen LogP contribution < -0.4 is 21.3 Å². The summed E-state index contributed by atoms with van der Waals surface area (Å²) < 4.78 is 19.1. The number of benzene rings is 1. The standard InChI is InChI=1S/C31H40FN9O2/c1-39-14-16-41(17-15-39)25-8-12-40(13-9-25)24-5-3-22(4-6-24)35-31-28(29(33)42)37-27(26-7-2-21(32)20-34-26)30(38-31)36-23-10-18-43-19-11-23/h2-7,20,23,25H,8-19H2,1H3,(H2,33,42)(H2,35,36,38). The van der Waals surface area contributed by atoms with Crippen LogP contribution in [0.5, 0.6) is 0 Å². The van der Waals surface area contributed by atoms with E-state index in [2.05, 4.69) is 54.5 Å². The molecule has 6 rings (SSSR count). The van der Waals surface area contributed by atoms with Gasteiger partial charge in [0.05, 0.1) is 11.9 Å². The Morgan fingerprint density at radius 2 is 1.65 bits per heavy atom. The van der Waals surface area contributed by atoms with Crippen molar-refractivity contribution in [3.05, 3.63) is 54.1 Å². The number of pyridine rings is 1. The number of rotatable bonds is 8. The van der Waals surface area contributed by atoms with E-state index in [-0.39, 0.29) is 17.6 Å². The summed E-state index contributed by atoms with van der Waals surface area (Å²) in [6, 6.07) is 11.7. The number of anilines is 4. The molecule has 4 N–H and O–H groups in total. The smallest absolute Gasteiger partial charge is 0.271 e. The summed E-state index contributed by atoms with van der Waals surface area (Å²) in [5.41, 5.74) is 8.39. The number of aromatic nitrogens is 3. The van der Waals surface area contributed by atoms with Crippen molar-refractivity contribution in [1.29, 1.82) is 0 Å². The zero-order valence-electron chi connectivity index (χ0n) is 24.6. The highest BCUT2D eigenvalue weighted by Gasteiger charge is 2.27. The van der Waals surface area contributed by atoms with E-state index in [1.165, 1.54) is 30.7 Å². The Balaban J connectivity index is 1.19. The van der Waals surface area contributed by atoms with E-state index in [4.69, 9.17) is 15.5 Å². The number of nitrogens with two attached hydrogens (primary N) is 1. The number of nitrogens with zero attached hydrogens (tertiary/aromatic N) is 6. The largest absolute Gasteiger partial charge is 0.381 e. The van der Waals surface area contributed by atoms with Gasteiger partial charge in [0.25, 0.3) is 5.91 Å². The Morgan fingerprint density at radius 1 is 0.930 bits per heavy atom. The number of piperazine rings is 1. The zero-order valence-corrected chi connectivity index (χ0v) is 24.6. The fraction of sp³-hybridized carbons (Fsp3) is 0.484. The van der Waals surface area contributed by atoms with E-state index in [9.17, 15) is 9.18 Å². The maximum absolute atomic E-state index is 13.6. The van der Waals surface area contributed by atoms with Gasteiger partial charge in [0, 0.05) is 75.9 Å². The molecule has 12 heteroatoms. The Hall–Kier alpha value is -3.87. The lowest BCUT2D eigenvalue weighted by molar-refractivity contribution is 0.0904. The van der Waals surface area contributed by atoms with Gasteiger partial charge in [-0.25, -0.2) is 14.4 Å². The molecule has 0 radical (unpaired) electrons. The molecule has 0 atom stereocenters. The third kappa shape index (κ3) is 7.03. The molecule has 3 aliphatic rings. The van der Waals surface area contributed by atoms with Crippen molar-refractivity contribution in [2.45, 2.75) is 37.8 Å². The molecule has 3 aromatic rings. The number of ether oxygens (including phenoxy) is 1. The lowest BCUT2D eigenvalue weighted by Gasteiger charge is -2.42. The summed E-state index contributed by atoms with van der Waals surface area (Å²) in [5, 5.41) is 6.70. The molecular formula is C31H40FN9O2. The number of hydrogen-bond donors (Lipinski definition) is 3. The van der Waals surface area contributed by atoms with Crippen LogP contribution >= 0.6 is 0 Å². The molecular weight excluding hydrogens is 549 g/mol. The second-order valence-corrected chi connectivity index (χ2v) is 11.6. The van der Waals surface area contributed by atoms with Gasteiger partial charge in [0.2, 0.25) is 0 Å². The molecule has 1 aromatic carbocycles. The van der Waals surface area contributed by atoms with Gasteiger partial charge >= 0.3 is 0 Å². The topological polar surface area (TPSA) is 125 Å². The van der Waals surface area contributed by atoms with E-state index >= 15 is 0 Å². The highest BCUT2D eigenvalue weighted by molar-refractivity contribution is 5.97. The van der Waals surface area contributed by atoms with Gasteiger partial charge in [-0.15, -0.1) is 0 Å². The average Bonchev–Trinajstić information content (AvgIpc) is 3.03. The second-order valence-electron chi connectivity index (χ2n) is 11.6. The molecule has 43 heavy (non-hydrogen) atoms. The molecule has 0 saturated carbocycles. The summed E-state index contributed by atoms with van der Waals surface area (Å²) in [4.78, 5) is 33.5. The van der Waals surface area contributed by atoms with Crippen LogP contribution in [0.4, 0.5) is 27.4 Å². The van der Waals surface area contributed by atoms with Gasteiger partial charge in [0.15, 0.2) is 17.3 Å². The van der Waals surface area contributed by atoms with Crippen LogP contribution in [-0.4, -0.2) is 102 Å². The van der Waals surface area contributed by atoms with E-state index in [1.807, 2.05) is 12.1 Å². The molecule has 3 aliphatic heterocycles. The fourth-order valence-electron chi connectivity index (χ4n) is 6.09. The van der Waals surface area contributed by atoms with Gasteiger partial charge in [-0.05, 0) is 69.1 Å². The predicted molar refractivity (Wildman–Crippen MR) is 165 cm³/mol. The number of carbonyl (C=O) groups is 1. The number of piperidine rings is 1. The van der Waals surface area contributed by atoms with Gasteiger partial charge in [-0.3, -0.25) is 14.7 Å². The van der Waals surface area contributed by atoms with Crippen LogP contribution in [-0.2, 0) is 4.74 Å². The maximum atomic E-state index is 13.6. The number of halogens is 1. The molecule has 1 amide bonds. The first-order valence-electron chi connectivity index (χ1n) is 15.2. The molecule has 0 aliphatic carbocycles. The summed E-state index contributed by atoms with van der Waals surface area (Å²) in [6.45, 7) is 7.95. The predicted octanol–water partition coefficient (Wildman–Crippen LogP) is 3.33. The molecule has 3 fully saturated rings. The van der Waals surface area contributed by atoms with Crippen molar-refractivity contribution >= 4 is 28.9 Å². The van der Waals surface area contributed by atoms with Gasteiger partial charge in [0.1, 0.15) is 11.5 Å². The average molecular weight is 590 g/mol. The number of amides is 1. The summed E-state index contributed by atoms with van der Waals surface area (Å²) in [6.07, 6.45) is 5.04. The SMILES string of the molecule is CN1CCN(C2CCN(c3ccc(Nc4nc(NC5CCOCC5)c(-c5ccc(F)cn5)nc4C(N)=O)cc3)CC2)CC1. The highest BCUT2D eigenvalue weighted by atomic mass is 19.1. The first-order chi connectivity index (χ1) is 20.9. The van der Waals surface area contributed by atoms with E-state index in [1.54, 1.807) is 0 Å². The lowest BCUT2D eigenvalue weighted by Crippen LogP contribution is -2.52. The third-order valence-electron chi connectivity index (χ3n) is 8.68. The van der Waals surface area contributed by atoms with Crippen LogP contribution in [0.3, 0.4) is 0 Å². The van der Waals surface area contributed by atoms with Gasteiger partial charge in [-0.2, -0.15) is 0 Å². The third-order valence-corrected chi connectivity index (χ3v) is 8.68. The Bertz CT molecular complexity index is 1380. The van der Waals surface area contributed by atoms with Crippen molar-refractivity contribution < 1.29 is 13.9 Å². The minimum absolute atomic E-state index is 0.0197.